The van der Waals surface area contributed by atoms with Gasteiger partial charge in [0, 0.05) is 6.20 Å². The Morgan fingerprint density at radius 2 is 2.00 bits per heavy atom. The average molecular weight is 303 g/mol. The molecule has 1 aromatic heterocycles. The summed E-state index contributed by atoms with van der Waals surface area (Å²) in [5.41, 5.74) is -0.186. The number of nitrogens with zero attached hydrogens (tertiary/aromatic N) is 1. The topological polar surface area (TPSA) is 42.0 Å². The minimum Gasteiger partial charge on any atom is -0.319 e. The Hall–Kier alpha value is -1.72. The van der Waals surface area contributed by atoms with Crippen LogP contribution in [0.1, 0.15) is 10.4 Å². The maximum absolute atomic E-state index is 13.4. The van der Waals surface area contributed by atoms with E-state index in [1.165, 1.54) is 24.4 Å². The van der Waals surface area contributed by atoms with Crippen LogP contribution in [0.2, 0.25) is 10.2 Å². The number of hydrogen-bond donors (Lipinski definition) is 1. The van der Waals surface area contributed by atoms with E-state index >= 15 is 0 Å². The zero-order valence-electron chi connectivity index (χ0n) is 9.25. The maximum atomic E-state index is 13.4. The van der Waals surface area contributed by atoms with Crippen molar-refractivity contribution in [1.82, 2.24) is 4.98 Å². The third kappa shape index (κ3) is 3.00. The van der Waals surface area contributed by atoms with Gasteiger partial charge in [-0.05, 0) is 18.2 Å². The molecule has 1 amide bonds. The summed E-state index contributed by atoms with van der Waals surface area (Å²) in [5.74, 6) is -2.86. The molecule has 0 spiro atoms. The fraction of sp³-hybridized carbons (Fsp3) is 0. The van der Waals surface area contributed by atoms with Crippen molar-refractivity contribution in [3.05, 3.63) is 57.8 Å². The van der Waals surface area contributed by atoms with Crippen LogP contribution < -0.4 is 5.32 Å². The first-order valence-corrected chi connectivity index (χ1v) is 5.81. The molecule has 0 aliphatic heterocycles. The second kappa shape index (κ2) is 5.50. The molecule has 1 aromatic carbocycles. The van der Waals surface area contributed by atoms with Crippen LogP contribution in [-0.2, 0) is 0 Å². The molecule has 1 N–H and O–H groups in total. The third-order valence-corrected chi connectivity index (χ3v) is 2.94. The number of nitrogens with one attached hydrogen (secondary N) is 1. The number of rotatable bonds is 2. The monoisotopic (exact) mass is 302 g/mol. The second-order valence-electron chi connectivity index (χ2n) is 3.55. The lowest BCUT2D eigenvalue weighted by Gasteiger charge is -2.07. The van der Waals surface area contributed by atoms with E-state index in [0.717, 1.165) is 6.07 Å². The Labute approximate surface area is 117 Å². The van der Waals surface area contributed by atoms with Crippen molar-refractivity contribution in [2.75, 3.05) is 5.32 Å². The molecule has 0 aliphatic rings. The number of hydrogen-bond acceptors (Lipinski definition) is 2. The zero-order valence-corrected chi connectivity index (χ0v) is 10.8. The van der Waals surface area contributed by atoms with Crippen molar-refractivity contribution >= 4 is 34.8 Å². The molecule has 0 unspecified atom stereocenters. The lowest BCUT2D eigenvalue weighted by Crippen LogP contribution is -2.13. The molecule has 0 fully saturated rings. The van der Waals surface area contributed by atoms with Gasteiger partial charge in [-0.1, -0.05) is 29.3 Å². The smallest absolute Gasteiger partial charge is 0.257 e. The van der Waals surface area contributed by atoms with Gasteiger partial charge >= 0.3 is 0 Å². The Kier molecular flexibility index (Phi) is 3.97. The van der Waals surface area contributed by atoms with E-state index in [1.54, 1.807) is 0 Å². The molecule has 0 saturated carbocycles. The number of amides is 1. The van der Waals surface area contributed by atoms with Crippen LogP contribution in [0.5, 0.6) is 0 Å². The molecule has 0 radical (unpaired) electrons. The Bertz CT molecular complexity index is 650. The second-order valence-corrected chi connectivity index (χ2v) is 4.32. The lowest BCUT2D eigenvalue weighted by molar-refractivity contribution is 0.102. The maximum Gasteiger partial charge on any atom is 0.257 e. The first-order valence-electron chi connectivity index (χ1n) is 5.05. The number of halogens is 4. The van der Waals surface area contributed by atoms with Gasteiger partial charge in [0.05, 0.1) is 16.3 Å². The van der Waals surface area contributed by atoms with E-state index < -0.39 is 17.5 Å². The fourth-order valence-electron chi connectivity index (χ4n) is 1.34. The minimum absolute atomic E-state index is 0.0511. The molecule has 0 aliphatic carbocycles. The quantitative estimate of drug-likeness (QED) is 0.854. The van der Waals surface area contributed by atoms with Crippen molar-refractivity contribution in [1.29, 1.82) is 0 Å². The molecule has 1 heterocycles. The number of benzene rings is 1. The van der Waals surface area contributed by atoms with Crippen LogP contribution in [0.4, 0.5) is 14.5 Å². The van der Waals surface area contributed by atoms with E-state index in [-0.39, 0.29) is 21.4 Å². The van der Waals surface area contributed by atoms with E-state index in [0.29, 0.717) is 0 Å². The van der Waals surface area contributed by atoms with E-state index in [1.807, 2.05) is 0 Å². The molecule has 2 aromatic rings. The van der Waals surface area contributed by atoms with Crippen LogP contribution in [-0.4, -0.2) is 10.9 Å². The summed E-state index contributed by atoms with van der Waals surface area (Å²) in [6.45, 7) is 0. The normalized spacial score (nSPS) is 10.3. The first kappa shape index (κ1) is 13.7. The molecule has 0 atom stereocenters. The summed E-state index contributed by atoms with van der Waals surface area (Å²) in [6.07, 6.45) is 1.18. The van der Waals surface area contributed by atoms with Crippen LogP contribution in [0, 0.1) is 11.6 Å². The summed E-state index contributed by atoms with van der Waals surface area (Å²) < 4.78 is 26.3. The van der Waals surface area contributed by atoms with Gasteiger partial charge in [-0.25, -0.2) is 13.8 Å². The highest BCUT2D eigenvalue weighted by atomic mass is 35.5. The Morgan fingerprint density at radius 1 is 1.26 bits per heavy atom. The van der Waals surface area contributed by atoms with Crippen LogP contribution >= 0.6 is 23.2 Å². The largest absolute Gasteiger partial charge is 0.319 e. The molecule has 98 valence electrons. The van der Waals surface area contributed by atoms with Crippen molar-refractivity contribution in [3.63, 3.8) is 0 Å². The highest BCUT2D eigenvalue weighted by Crippen LogP contribution is 2.21. The number of carbonyl (C=O) groups excluding carboxylic acids is 1. The first-order chi connectivity index (χ1) is 8.99. The standard InChI is InChI=1S/C12H6Cl2F2N2O/c13-7-4-6(5-17-11(7)14)12(19)18-9-3-1-2-8(15)10(9)16/h1-5H,(H,18,19). The van der Waals surface area contributed by atoms with Gasteiger partial charge in [0.15, 0.2) is 11.6 Å². The van der Waals surface area contributed by atoms with Crippen molar-refractivity contribution in [2.45, 2.75) is 0 Å². The summed E-state index contributed by atoms with van der Waals surface area (Å²) in [6, 6.07) is 4.75. The van der Waals surface area contributed by atoms with E-state index in [2.05, 4.69) is 10.3 Å². The molecule has 0 saturated heterocycles. The molecule has 2 rings (SSSR count). The Balaban J connectivity index is 2.26. The van der Waals surface area contributed by atoms with Crippen LogP contribution in [0.15, 0.2) is 30.5 Å². The van der Waals surface area contributed by atoms with Gasteiger partial charge in [0.2, 0.25) is 0 Å². The van der Waals surface area contributed by atoms with Gasteiger partial charge < -0.3 is 5.32 Å². The fourth-order valence-corrected chi connectivity index (χ4v) is 1.61. The van der Waals surface area contributed by atoms with Crippen LogP contribution in [0.25, 0.3) is 0 Å². The highest BCUT2D eigenvalue weighted by molar-refractivity contribution is 6.41. The van der Waals surface area contributed by atoms with Crippen molar-refractivity contribution in [2.24, 2.45) is 0 Å². The molecule has 0 bridgehead atoms. The molecular formula is C12H6Cl2F2N2O. The SMILES string of the molecule is O=C(Nc1cccc(F)c1F)c1cnc(Cl)c(Cl)c1. The average Bonchev–Trinajstić information content (AvgIpc) is 2.38. The van der Waals surface area contributed by atoms with Crippen molar-refractivity contribution < 1.29 is 13.6 Å². The summed E-state index contributed by atoms with van der Waals surface area (Å²) in [7, 11) is 0. The van der Waals surface area contributed by atoms with E-state index in [9.17, 15) is 13.6 Å². The number of carbonyl (C=O) groups is 1. The summed E-state index contributed by atoms with van der Waals surface area (Å²) >= 11 is 11.3. The van der Waals surface area contributed by atoms with Gasteiger partial charge in [0.1, 0.15) is 5.15 Å². The minimum atomic E-state index is -1.14. The van der Waals surface area contributed by atoms with Gasteiger partial charge in [-0.2, -0.15) is 0 Å². The molecular weight excluding hydrogens is 297 g/mol. The van der Waals surface area contributed by atoms with Gasteiger partial charge in [-0.15, -0.1) is 0 Å². The predicted octanol–water partition coefficient (Wildman–Crippen LogP) is 3.92. The summed E-state index contributed by atoms with van der Waals surface area (Å²) in [5, 5.41) is 2.36. The van der Waals surface area contributed by atoms with Gasteiger partial charge in [-0.3, -0.25) is 4.79 Å². The third-order valence-electron chi connectivity index (χ3n) is 2.26. The van der Waals surface area contributed by atoms with Crippen molar-refractivity contribution in [3.8, 4) is 0 Å². The molecule has 7 heteroatoms. The highest BCUT2D eigenvalue weighted by Gasteiger charge is 2.13. The summed E-state index contributed by atoms with van der Waals surface area (Å²) in [4.78, 5) is 15.5. The zero-order chi connectivity index (χ0) is 14.0. The number of anilines is 1. The van der Waals surface area contributed by atoms with Gasteiger partial charge in [0.25, 0.3) is 5.91 Å². The predicted molar refractivity (Wildman–Crippen MR) is 68.6 cm³/mol. The Morgan fingerprint density at radius 3 is 2.68 bits per heavy atom. The number of pyridine rings is 1. The molecule has 3 nitrogen and oxygen atoms in total. The lowest BCUT2D eigenvalue weighted by atomic mass is 10.2. The molecule has 19 heavy (non-hydrogen) atoms. The van der Waals surface area contributed by atoms with E-state index in [4.69, 9.17) is 23.2 Å². The van der Waals surface area contributed by atoms with Crippen LogP contribution in [0.3, 0.4) is 0 Å². The number of aromatic nitrogens is 1.